The molecular weight excluding hydrogens is 236 g/mol. The lowest BCUT2D eigenvalue weighted by atomic mass is 10.2. The van der Waals surface area contributed by atoms with Crippen molar-refractivity contribution in [2.24, 2.45) is 0 Å². The van der Waals surface area contributed by atoms with E-state index in [1.165, 1.54) is 11.8 Å². The quantitative estimate of drug-likeness (QED) is 0.823. The summed E-state index contributed by atoms with van der Waals surface area (Å²) >= 11 is 1.42. The van der Waals surface area contributed by atoms with E-state index in [9.17, 15) is 0 Å². The fourth-order valence-corrected chi connectivity index (χ4v) is 2.31. The van der Waals surface area contributed by atoms with Gasteiger partial charge in [0.05, 0.1) is 6.20 Å². The van der Waals surface area contributed by atoms with Crippen LogP contribution in [-0.2, 0) is 6.42 Å². The first-order chi connectivity index (χ1) is 8.35. The maximum absolute atomic E-state index is 5.21. The van der Waals surface area contributed by atoms with Crippen LogP contribution < -0.4 is 5.32 Å². The Morgan fingerprint density at radius 1 is 1.29 bits per heavy atom. The van der Waals surface area contributed by atoms with Crippen molar-refractivity contribution in [1.29, 1.82) is 0 Å². The van der Waals surface area contributed by atoms with Gasteiger partial charge in [-0.05, 0) is 25.1 Å². The molecule has 2 heterocycles. The maximum Gasteiger partial charge on any atom is 0.261 e. The van der Waals surface area contributed by atoms with E-state index in [1.807, 2.05) is 6.92 Å². The van der Waals surface area contributed by atoms with Crippen LogP contribution in [0.25, 0.3) is 0 Å². The molecule has 2 rings (SSSR count). The van der Waals surface area contributed by atoms with Crippen molar-refractivity contribution in [3.05, 3.63) is 24.4 Å². The lowest BCUT2D eigenvalue weighted by Gasteiger charge is -2.10. The Labute approximate surface area is 104 Å². The third kappa shape index (κ3) is 2.76. The van der Waals surface area contributed by atoms with Gasteiger partial charge in [0.25, 0.3) is 5.22 Å². The first kappa shape index (κ1) is 11.9. The van der Waals surface area contributed by atoms with Gasteiger partial charge >= 0.3 is 0 Å². The van der Waals surface area contributed by atoms with Gasteiger partial charge in [0.1, 0.15) is 23.4 Å². The van der Waals surface area contributed by atoms with Crippen molar-refractivity contribution < 1.29 is 4.42 Å². The molecular formula is C11H14N4OS. The molecule has 6 heteroatoms. The second-order valence-electron chi connectivity index (χ2n) is 3.29. The minimum Gasteiger partial charge on any atom is -0.440 e. The average Bonchev–Trinajstić information content (AvgIpc) is 2.83. The highest BCUT2D eigenvalue weighted by molar-refractivity contribution is 7.99. The molecule has 0 saturated carbocycles. The molecule has 0 unspecified atom stereocenters. The summed E-state index contributed by atoms with van der Waals surface area (Å²) in [5.41, 5.74) is 1.09. The van der Waals surface area contributed by atoms with Crippen LogP contribution >= 0.6 is 11.8 Å². The van der Waals surface area contributed by atoms with E-state index in [2.05, 4.69) is 27.2 Å². The van der Waals surface area contributed by atoms with E-state index in [0.29, 0.717) is 5.22 Å². The van der Waals surface area contributed by atoms with Gasteiger partial charge in [-0.25, -0.2) is 15.0 Å². The third-order valence-electron chi connectivity index (χ3n) is 2.20. The van der Waals surface area contributed by atoms with Crippen molar-refractivity contribution >= 4 is 17.6 Å². The largest absolute Gasteiger partial charge is 0.440 e. The molecule has 0 radical (unpaired) electrons. The average molecular weight is 250 g/mol. The number of hydrogen-bond donors (Lipinski definition) is 1. The Bertz CT molecular complexity index is 472. The molecule has 0 amide bonds. The normalized spacial score (nSPS) is 10.5. The molecule has 90 valence electrons. The Kier molecular flexibility index (Phi) is 3.98. The molecule has 0 aliphatic carbocycles. The Hall–Kier alpha value is -1.56. The molecule has 17 heavy (non-hydrogen) atoms. The van der Waals surface area contributed by atoms with E-state index in [0.717, 1.165) is 29.4 Å². The van der Waals surface area contributed by atoms with E-state index >= 15 is 0 Å². The Balaban J connectivity index is 2.29. The fourth-order valence-electron chi connectivity index (χ4n) is 1.47. The van der Waals surface area contributed by atoms with Crippen LogP contribution in [0.4, 0.5) is 5.82 Å². The molecule has 0 atom stereocenters. The van der Waals surface area contributed by atoms with Crippen LogP contribution in [0.5, 0.6) is 0 Å². The van der Waals surface area contributed by atoms with Gasteiger partial charge in [-0.1, -0.05) is 6.92 Å². The molecule has 0 bridgehead atoms. The first-order valence-corrected chi connectivity index (χ1v) is 6.31. The zero-order valence-corrected chi connectivity index (χ0v) is 10.6. The van der Waals surface area contributed by atoms with Gasteiger partial charge in [0.2, 0.25) is 0 Å². The smallest absolute Gasteiger partial charge is 0.261 e. The summed E-state index contributed by atoms with van der Waals surface area (Å²) in [4.78, 5) is 12.6. The molecule has 2 aromatic heterocycles. The van der Waals surface area contributed by atoms with E-state index in [4.69, 9.17) is 4.42 Å². The monoisotopic (exact) mass is 250 g/mol. The number of nitrogens with zero attached hydrogens (tertiary/aromatic N) is 3. The second kappa shape index (κ2) is 5.67. The zero-order valence-electron chi connectivity index (χ0n) is 9.80. The number of rotatable bonds is 5. The molecule has 5 nitrogen and oxygen atoms in total. The SMILES string of the molecule is CCNc1ncnc(Sc2ncco2)c1CC. The number of aromatic nitrogens is 3. The zero-order chi connectivity index (χ0) is 12.1. The van der Waals surface area contributed by atoms with Gasteiger partial charge in [-0.3, -0.25) is 0 Å². The van der Waals surface area contributed by atoms with Crippen molar-refractivity contribution in [3.63, 3.8) is 0 Å². The number of hydrogen-bond acceptors (Lipinski definition) is 6. The third-order valence-corrected chi connectivity index (χ3v) is 3.12. The standard InChI is InChI=1S/C11H14N4OS/c1-3-8-9(12-4-2)14-7-15-10(8)17-11-13-5-6-16-11/h5-7H,3-4H2,1-2H3,(H,12,14,15). The molecule has 0 aliphatic rings. The van der Waals surface area contributed by atoms with Crippen LogP contribution in [0.1, 0.15) is 19.4 Å². The van der Waals surface area contributed by atoms with Gasteiger partial charge in [0, 0.05) is 12.1 Å². The molecule has 0 fully saturated rings. The molecule has 0 aliphatic heterocycles. The highest BCUT2D eigenvalue weighted by atomic mass is 32.2. The van der Waals surface area contributed by atoms with Crippen LogP contribution in [0.3, 0.4) is 0 Å². The van der Waals surface area contributed by atoms with E-state index < -0.39 is 0 Å². The van der Waals surface area contributed by atoms with Gasteiger partial charge in [-0.2, -0.15) is 0 Å². The van der Waals surface area contributed by atoms with Crippen LogP contribution in [0, 0.1) is 0 Å². The van der Waals surface area contributed by atoms with Gasteiger partial charge < -0.3 is 9.73 Å². The highest BCUT2D eigenvalue weighted by Crippen LogP contribution is 2.30. The summed E-state index contributed by atoms with van der Waals surface area (Å²) in [6.45, 7) is 4.97. The van der Waals surface area contributed by atoms with Crippen molar-refractivity contribution in [2.45, 2.75) is 30.5 Å². The second-order valence-corrected chi connectivity index (χ2v) is 4.23. The van der Waals surface area contributed by atoms with Crippen molar-refractivity contribution in [1.82, 2.24) is 15.0 Å². The van der Waals surface area contributed by atoms with E-state index in [-0.39, 0.29) is 0 Å². The summed E-state index contributed by atoms with van der Waals surface area (Å²) in [5.74, 6) is 0.888. The molecule has 2 aromatic rings. The predicted molar refractivity (Wildman–Crippen MR) is 66.2 cm³/mol. The predicted octanol–water partition coefficient (Wildman–Crippen LogP) is 2.61. The van der Waals surface area contributed by atoms with Crippen LogP contribution in [-0.4, -0.2) is 21.5 Å². The molecule has 0 spiro atoms. The number of oxazole rings is 1. The minimum absolute atomic E-state index is 0.598. The van der Waals surface area contributed by atoms with Gasteiger partial charge in [-0.15, -0.1) is 0 Å². The lowest BCUT2D eigenvalue weighted by molar-refractivity contribution is 0.454. The van der Waals surface area contributed by atoms with Crippen molar-refractivity contribution in [2.75, 3.05) is 11.9 Å². The number of nitrogens with one attached hydrogen (secondary N) is 1. The summed E-state index contributed by atoms with van der Waals surface area (Å²) in [6.07, 6.45) is 5.61. The van der Waals surface area contributed by atoms with Crippen LogP contribution in [0.2, 0.25) is 0 Å². The summed E-state index contributed by atoms with van der Waals surface area (Å²) < 4.78 is 5.21. The maximum atomic E-state index is 5.21. The van der Waals surface area contributed by atoms with E-state index in [1.54, 1.807) is 18.8 Å². The Morgan fingerprint density at radius 2 is 2.18 bits per heavy atom. The first-order valence-electron chi connectivity index (χ1n) is 5.50. The lowest BCUT2D eigenvalue weighted by Crippen LogP contribution is -2.05. The topological polar surface area (TPSA) is 63.8 Å². The Morgan fingerprint density at radius 3 is 2.82 bits per heavy atom. The molecule has 1 N–H and O–H groups in total. The fraction of sp³-hybridized carbons (Fsp3) is 0.364. The number of anilines is 1. The molecule has 0 saturated heterocycles. The highest BCUT2D eigenvalue weighted by Gasteiger charge is 2.12. The van der Waals surface area contributed by atoms with Gasteiger partial charge in [0.15, 0.2) is 0 Å². The minimum atomic E-state index is 0.598. The van der Waals surface area contributed by atoms with Crippen LogP contribution in [0.15, 0.2) is 33.5 Å². The van der Waals surface area contributed by atoms with Crippen molar-refractivity contribution in [3.8, 4) is 0 Å². The summed E-state index contributed by atoms with van der Waals surface area (Å²) in [6, 6.07) is 0. The molecule has 0 aromatic carbocycles. The summed E-state index contributed by atoms with van der Waals surface area (Å²) in [7, 11) is 0. The summed E-state index contributed by atoms with van der Waals surface area (Å²) in [5, 5.41) is 4.72.